The Hall–Kier alpha value is -2.95. The Balaban J connectivity index is 1.79. The van der Waals surface area contributed by atoms with Crippen LogP contribution in [0, 0.1) is 5.92 Å². The summed E-state index contributed by atoms with van der Waals surface area (Å²) in [7, 11) is 0. The number of hydrogen-bond donors (Lipinski definition) is 2. The predicted octanol–water partition coefficient (Wildman–Crippen LogP) is 0.639. The van der Waals surface area contributed by atoms with Gasteiger partial charge in [0, 0.05) is 39.0 Å². The van der Waals surface area contributed by atoms with Gasteiger partial charge in [0.15, 0.2) is 11.2 Å². The van der Waals surface area contributed by atoms with E-state index in [2.05, 4.69) is 15.3 Å². The zero-order valence-corrected chi connectivity index (χ0v) is 20.6. The highest BCUT2D eigenvalue weighted by Crippen LogP contribution is 2.16. The largest absolute Gasteiger partial charge is 0.378 e. The zero-order valence-electron chi connectivity index (χ0n) is 20.6. The highest BCUT2D eigenvalue weighted by Gasteiger charge is 2.24. The van der Waals surface area contributed by atoms with Crippen LogP contribution < -0.4 is 16.6 Å². The Morgan fingerprint density at radius 3 is 2.50 bits per heavy atom. The molecule has 1 aliphatic rings. The number of nitrogens with zero attached hydrogens (tertiary/aromatic N) is 4. The second-order valence-corrected chi connectivity index (χ2v) is 9.20. The number of unbranched alkanes of at least 4 members (excludes halogenated alkanes) is 1. The maximum Gasteiger partial charge on any atom is 0.330 e. The number of imidazole rings is 1. The standard InChI is InChI=1S/C23H36N6O5/c1-5-6-9-28-20-19(21(31)26-23(28)33)29(14-15(2)3)17(25-20)7-8-18(30)24-16(4)22(32)27-10-12-34-13-11-27/h15-16H,5-14H2,1-4H3,(H,24,30)(H,26,31,33). The van der Waals surface area contributed by atoms with Crippen LogP contribution in [0.4, 0.5) is 0 Å². The van der Waals surface area contributed by atoms with Gasteiger partial charge in [-0.3, -0.25) is 23.9 Å². The number of nitrogens with one attached hydrogen (secondary N) is 2. The van der Waals surface area contributed by atoms with Crippen molar-refractivity contribution in [3.05, 3.63) is 26.7 Å². The van der Waals surface area contributed by atoms with E-state index in [1.165, 1.54) is 4.57 Å². The van der Waals surface area contributed by atoms with E-state index in [-0.39, 0.29) is 30.6 Å². The Morgan fingerprint density at radius 1 is 1.15 bits per heavy atom. The molecule has 0 bridgehead atoms. The van der Waals surface area contributed by atoms with Crippen molar-refractivity contribution in [3.8, 4) is 0 Å². The van der Waals surface area contributed by atoms with E-state index >= 15 is 0 Å². The zero-order chi connectivity index (χ0) is 24.8. The first kappa shape index (κ1) is 25.7. The first-order valence-electron chi connectivity index (χ1n) is 12.1. The van der Waals surface area contributed by atoms with Gasteiger partial charge in [-0.15, -0.1) is 0 Å². The molecule has 2 amide bonds. The molecular formula is C23H36N6O5. The van der Waals surface area contributed by atoms with Crippen molar-refractivity contribution in [1.82, 2.24) is 29.3 Å². The van der Waals surface area contributed by atoms with Gasteiger partial charge in [0.25, 0.3) is 5.56 Å². The van der Waals surface area contributed by atoms with E-state index in [0.717, 1.165) is 12.8 Å². The van der Waals surface area contributed by atoms with Crippen LogP contribution in [0.15, 0.2) is 9.59 Å². The maximum atomic E-state index is 12.7. The van der Waals surface area contributed by atoms with Crippen molar-refractivity contribution in [2.45, 2.75) is 72.5 Å². The predicted molar refractivity (Wildman–Crippen MR) is 128 cm³/mol. The molecule has 2 aromatic heterocycles. The first-order valence-corrected chi connectivity index (χ1v) is 12.1. The highest BCUT2D eigenvalue weighted by atomic mass is 16.5. The molecule has 34 heavy (non-hydrogen) atoms. The molecule has 0 spiro atoms. The molecule has 3 heterocycles. The van der Waals surface area contributed by atoms with E-state index in [9.17, 15) is 19.2 Å². The van der Waals surface area contributed by atoms with Crippen molar-refractivity contribution < 1.29 is 14.3 Å². The number of carbonyl (C=O) groups excluding carboxylic acids is 2. The van der Waals surface area contributed by atoms with E-state index < -0.39 is 17.3 Å². The Labute approximate surface area is 198 Å². The number of amides is 2. The summed E-state index contributed by atoms with van der Waals surface area (Å²) in [5, 5.41) is 2.77. The number of aromatic amines is 1. The van der Waals surface area contributed by atoms with Crippen molar-refractivity contribution in [2.75, 3.05) is 26.3 Å². The van der Waals surface area contributed by atoms with Gasteiger partial charge in [0.05, 0.1) is 13.2 Å². The summed E-state index contributed by atoms with van der Waals surface area (Å²) in [4.78, 5) is 59.1. The van der Waals surface area contributed by atoms with E-state index in [4.69, 9.17) is 4.74 Å². The smallest absolute Gasteiger partial charge is 0.330 e. The molecule has 0 radical (unpaired) electrons. The number of aryl methyl sites for hydroxylation is 2. The fourth-order valence-electron chi connectivity index (χ4n) is 4.15. The fourth-order valence-corrected chi connectivity index (χ4v) is 4.15. The molecule has 1 fully saturated rings. The molecule has 1 aliphatic heterocycles. The SMILES string of the molecule is CCCCn1c(=O)[nH]c(=O)c2c1nc(CCC(=O)NC(C)C(=O)N1CCOCC1)n2CC(C)C. The van der Waals surface area contributed by atoms with Crippen LogP contribution in [-0.2, 0) is 33.8 Å². The van der Waals surface area contributed by atoms with E-state index in [1.54, 1.807) is 11.8 Å². The molecule has 0 aliphatic carbocycles. The average molecular weight is 477 g/mol. The molecule has 11 nitrogen and oxygen atoms in total. The molecule has 0 saturated carbocycles. The van der Waals surface area contributed by atoms with Crippen molar-refractivity contribution in [2.24, 2.45) is 5.92 Å². The van der Waals surface area contributed by atoms with Crippen LogP contribution in [-0.4, -0.2) is 68.2 Å². The molecule has 2 N–H and O–H groups in total. The Bertz CT molecular complexity index is 1130. The van der Waals surface area contributed by atoms with Gasteiger partial charge < -0.3 is 19.5 Å². The minimum Gasteiger partial charge on any atom is -0.378 e. The first-order chi connectivity index (χ1) is 16.2. The summed E-state index contributed by atoms with van der Waals surface area (Å²) in [5.74, 6) is 0.406. The molecule has 0 aromatic carbocycles. The lowest BCUT2D eigenvalue weighted by Crippen LogP contribution is -2.50. The molecular weight excluding hydrogens is 440 g/mol. The van der Waals surface area contributed by atoms with Crippen LogP contribution >= 0.6 is 0 Å². The molecule has 3 rings (SSSR count). The fraction of sp³-hybridized carbons (Fsp3) is 0.696. The van der Waals surface area contributed by atoms with Crippen molar-refractivity contribution in [1.29, 1.82) is 0 Å². The number of H-pyrrole nitrogens is 1. The van der Waals surface area contributed by atoms with Gasteiger partial charge in [-0.05, 0) is 19.3 Å². The number of carbonyl (C=O) groups is 2. The molecule has 1 atom stereocenters. The summed E-state index contributed by atoms with van der Waals surface area (Å²) < 4.78 is 8.59. The summed E-state index contributed by atoms with van der Waals surface area (Å²) in [6.07, 6.45) is 2.07. The van der Waals surface area contributed by atoms with Gasteiger partial charge in [-0.1, -0.05) is 27.2 Å². The van der Waals surface area contributed by atoms with Crippen LogP contribution in [0.5, 0.6) is 0 Å². The van der Waals surface area contributed by atoms with Gasteiger partial charge in [-0.25, -0.2) is 9.78 Å². The summed E-state index contributed by atoms with van der Waals surface area (Å²) in [5.41, 5.74) is -0.231. The van der Waals surface area contributed by atoms with Crippen LogP contribution in [0.2, 0.25) is 0 Å². The lowest BCUT2D eigenvalue weighted by Gasteiger charge is -2.29. The van der Waals surface area contributed by atoms with Crippen molar-refractivity contribution in [3.63, 3.8) is 0 Å². The number of fused-ring (bicyclic) bond motifs is 1. The van der Waals surface area contributed by atoms with E-state index in [0.29, 0.717) is 56.4 Å². The monoisotopic (exact) mass is 476 g/mol. The van der Waals surface area contributed by atoms with Gasteiger partial charge in [-0.2, -0.15) is 0 Å². The Kier molecular flexibility index (Phi) is 8.65. The molecule has 1 saturated heterocycles. The maximum absolute atomic E-state index is 12.7. The van der Waals surface area contributed by atoms with Gasteiger partial charge in [0.2, 0.25) is 11.8 Å². The second kappa shape index (κ2) is 11.5. The number of ether oxygens (including phenoxy) is 1. The third-order valence-corrected chi connectivity index (χ3v) is 5.89. The normalized spacial score (nSPS) is 15.1. The minimum absolute atomic E-state index is 0.110. The van der Waals surface area contributed by atoms with E-state index in [1.807, 2.05) is 25.3 Å². The topological polar surface area (TPSA) is 131 Å². The van der Waals surface area contributed by atoms with Gasteiger partial charge >= 0.3 is 5.69 Å². The third-order valence-electron chi connectivity index (χ3n) is 5.89. The number of hydrogen-bond acceptors (Lipinski definition) is 6. The van der Waals surface area contributed by atoms with Crippen LogP contribution in [0.25, 0.3) is 11.2 Å². The second-order valence-electron chi connectivity index (χ2n) is 9.20. The highest BCUT2D eigenvalue weighted by molar-refractivity contribution is 5.87. The number of morpholine rings is 1. The number of aromatic nitrogens is 4. The molecule has 188 valence electrons. The molecule has 2 aromatic rings. The van der Waals surface area contributed by atoms with Crippen LogP contribution in [0.1, 0.15) is 52.8 Å². The quantitative estimate of drug-likeness (QED) is 0.517. The summed E-state index contributed by atoms with van der Waals surface area (Å²) >= 11 is 0. The average Bonchev–Trinajstić information content (AvgIpc) is 3.15. The third kappa shape index (κ3) is 5.94. The number of rotatable bonds is 10. The summed E-state index contributed by atoms with van der Waals surface area (Å²) in [6.45, 7) is 10.8. The minimum atomic E-state index is -0.637. The van der Waals surface area contributed by atoms with Gasteiger partial charge in [0.1, 0.15) is 11.9 Å². The lowest BCUT2D eigenvalue weighted by atomic mass is 10.2. The van der Waals surface area contributed by atoms with Crippen molar-refractivity contribution >= 4 is 23.0 Å². The molecule has 11 heteroatoms. The molecule has 1 unspecified atom stereocenters. The van der Waals surface area contributed by atoms with Crippen LogP contribution in [0.3, 0.4) is 0 Å². The lowest BCUT2D eigenvalue weighted by molar-refractivity contribution is -0.139. The summed E-state index contributed by atoms with van der Waals surface area (Å²) in [6, 6.07) is -0.637. The Morgan fingerprint density at radius 2 is 1.85 bits per heavy atom.